The normalized spacial score (nSPS) is 21.6. The number of halogens is 1. The van der Waals surface area contributed by atoms with Crippen LogP contribution in [0, 0.1) is 12.8 Å². The Morgan fingerprint density at radius 3 is 2.71 bits per heavy atom. The Hall–Kier alpha value is -2.85. The van der Waals surface area contributed by atoms with E-state index in [0.717, 1.165) is 27.9 Å². The Balaban J connectivity index is 1.39. The largest absolute Gasteiger partial charge is 0.496 e. The number of allylic oxidation sites excluding steroid dienone is 2. The van der Waals surface area contributed by atoms with Crippen LogP contribution in [0.1, 0.15) is 40.6 Å². The molecule has 1 aliphatic carbocycles. The van der Waals surface area contributed by atoms with Gasteiger partial charge in [-0.3, -0.25) is 4.99 Å². The van der Waals surface area contributed by atoms with Crippen molar-refractivity contribution < 1.29 is 4.74 Å². The van der Waals surface area contributed by atoms with Gasteiger partial charge >= 0.3 is 0 Å². The molecule has 1 heterocycles. The fourth-order valence-electron chi connectivity index (χ4n) is 4.76. The number of benzene rings is 3. The van der Waals surface area contributed by atoms with Crippen molar-refractivity contribution in [3.63, 3.8) is 0 Å². The van der Waals surface area contributed by atoms with Gasteiger partial charge in [0.1, 0.15) is 5.75 Å². The second-order valence-electron chi connectivity index (χ2n) is 8.30. The van der Waals surface area contributed by atoms with E-state index in [0.29, 0.717) is 17.9 Å². The first kappa shape index (κ1) is 20.1. The SMILES string of the molecule is COc1ccc(Br)cc1C=Nc1ccc([C@@H]2Nc3ccc(C)cc3[C@@H]3C=CC[C@@H]32)cc1. The van der Waals surface area contributed by atoms with Gasteiger partial charge in [0, 0.05) is 27.9 Å². The number of nitrogens with zero attached hydrogens (tertiary/aromatic N) is 1. The van der Waals surface area contributed by atoms with E-state index < -0.39 is 0 Å². The quantitative estimate of drug-likeness (QED) is 0.318. The van der Waals surface area contributed by atoms with Gasteiger partial charge in [0.15, 0.2) is 0 Å². The molecule has 156 valence electrons. The molecule has 1 aliphatic heterocycles. The summed E-state index contributed by atoms with van der Waals surface area (Å²) < 4.78 is 6.44. The molecular weight excluding hydrogens is 448 g/mol. The maximum absolute atomic E-state index is 5.44. The van der Waals surface area contributed by atoms with Gasteiger partial charge in [-0.15, -0.1) is 0 Å². The zero-order valence-electron chi connectivity index (χ0n) is 17.7. The molecule has 3 nitrogen and oxygen atoms in total. The highest BCUT2D eigenvalue weighted by atomic mass is 79.9. The Kier molecular flexibility index (Phi) is 5.41. The van der Waals surface area contributed by atoms with E-state index in [4.69, 9.17) is 4.74 Å². The lowest BCUT2D eigenvalue weighted by atomic mass is 9.76. The van der Waals surface area contributed by atoms with Crippen molar-refractivity contribution >= 4 is 33.5 Å². The van der Waals surface area contributed by atoms with Crippen LogP contribution in [-0.2, 0) is 0 Å². The molecule has 31 heavy (non-hydrogen) atoms. The summed E-state index contributed by atoms with van der Waals surface area (Å²) in [5, 5.41) is 3.81. The van der Waals surface area contributed by atoms with Crippen LogP contribution in [0.4, 0.5) is 11.4 Å². The Morgan fingerprint density at radius 2 is 1.90 bits per heavy atom. The summed E-state index contributed by atoms with van der Waals surface area (Å²) >= 11 is 3.51. The lowest BCUT2D eigenvalue weighted by molar-refractivity contribution is 0.414. The molecule has 0 saturated carbocycles. The first-order chi connectivity index (χ1) is 15.1. The van der Waals surface area contributed by atoms with Crippen LogP contribution < -0.4 is 10.1 Å². The van der Waals surface area contributed by atoms with Gasteiger partial charge in [0.25, 0.3) is 0 Å². The average molecular weight is 473 g/mol. The first-order valence-corrected chi connectivity index (χ1v) is 11.4. The van der Waals surface area contributed by atoms with Crippen LogP contribution in [0.25, 0.3) is 0 Å². The van der Waals surface area contributed by atoms with Gasteiger partial charge in [-0.25, -0.2) is 0 Å². The zero-order valence-corrected chi connectivity index (χ0v) is 19.3. The van der Waals surface area contributed by atoms with Crippen LogP contribution in [-0.4, -0.2) is 13.3 Å². The van der Waals surface area contributed by atoms with E-state index >= 15 is 0 Å². The monoisotopic (exact) mass is 472 g/mol. The summed E-state index contributed by atoms with van der Waals surface area (Å²) in [7, 11) is 1.68. The topological polar surface area (TPSA) is 33.6 Å². The molecule has 3 aromatic carbocycles. The number of rotatable bonds is 4. The standard InChI is InChI=1S/C27H25BrN2O/c1-17-6-12-25-24(14-17)22-4-3-5-23(22)27(30-25)18-7-10-21(11-8-18)29-16-19-15-20(28)9-13-26(19)31-2/h3-4,6-16,22-23,27,30H,5H2,1-2H3/t22-,23+,27+/m1/s1. The maximum atomic E-state index is 5.44. The number of hydrogen-bond donors (Lipinski definition) is 1. The van der Waals surface area contributed by atoms with Crippen LogP contribution >= 0.6 is 15.9 Å². The third-order valence-electron chi connectivity index (χ3n) is 6.31. The summed E-state index contributed by atoms with van der Waals surface area (Å²) in [5.74, 6) is 1.85. The van der Waals surface area contributed by atoms with E-state index in [9.17, 15) is 0 Å². The molecule has 4 heteroatoms. The molecule has 3 atom stereocenters. The lowest BCUT2D eigenvalue weighted by Crippen LogP contribution is -2.29. The third kappa shape index (κ3) is 3.92. The Labute approximate surface area is 192 Å². The highest BCUT2D eigenvalue weighted by Crippen LogP contribution is 2.50. The van der Waals surface area contributed by atoms with Crippen molar-refractivity contribution in [3.05, 3.63) is 99.5 Å². The van der Waals surface area contributed by atoms with Crippen molar-refractivity contribution in [2.24, 2.45) is 10.9 Å². The summed E-state index contributed by atoms with van der Waals surface area (Å²) in [4.78, 5) is 4.67. The molecule has 0 radical (unpaired) electrons. The molecule has 1 N–H and O–H groups in total. The molecule has 2 aliphatic rings. The van der Waals surface area contributed by atoms with E-state index in [1.54, 1.807) is 7.11 Å². The zero-order chi connectivity index (χ0) is 21.4. The number of methoxy groups -OCH3 is 1. The van der Waals surface area contributed by atoms with Crippen molar-refractivity contribution in [2.75, 3.05) is 12.4 Å². The number of ether oxygens (including phenoxy) is 1. The van der Waals surface area contributed by atoms with E-state index in [1.165, 1.54) is 22.4 Å². The predicted molar refractivity (Wildman–Crippen MR) is 132 cm³/mol. The summed E-state index contributed by atoms with van der Waals surface area (Å²) in [6, 6.07) is 21.6. The molecule has 0 saturated heterocycles. The minimum atomic E-state index is 0.304. The van der Waals surface area contributed by atoms with Crippen molar-refractivity contribution in [3.8, 4) is 5.75 Å². The fraction of sp³-hybridized carbons (Fsp3) is 0.222. The minimum Gasteiger partial charge on any atom is -0.496 e. The smallest absolute Gasteiger partial charge is 0.127 e. The molecule has 0 spiro atoms. The number of hydrogen-bond acceptors (Lipinski definition) is 3. The minimum absolute atomic E-state index is 0.304. The van der Waals surface area contributed by atoms with Crippen LogP contribution in [0.15, 0.2) is 82.3 Å². The molecule has 0 bridgehead atoms. The molecule has 0 unspecified atom stereocenters. The molecular formula is C27H25BrN2O. The predicted octanol–water partition coefficient (Wildman–Crippen LogP) is 7.34. The summed E-state index contributed by atoms with van der Waals surface area (Å²) in [6.45, 7) is 2.17. The van der Waals surface area contributed by atoms with Gasteiger partial charge in [-0.1, -0.05) is 57.9 Å². The third-order valence-corrected chi connectivity index (χ3v) is 6.81. The van der Waals surface area contributed by atoms with E-state index in [1.807, 2.05) is 24.4 Å². The number of fused-ring (bicyclic) bond motifs is 3. The number of anilines is 1. The second-order valence-corrected chi connectivity index (χ2v) is 9.22. The van der Waals surface area contributed by atoms with Gasteiger partial charge in [0.05, 0.1) is 18.8 Å². The molecule has 0 aromatic heterocycles. The average Bonchev–Trinajstić information content (AvgIpc) is 3.28. The van der Waals surface area contributed by atoms with Crippen molar-refractivity contribution in [1.82, 2.24) is 0 Å². The Bertz CT molecular complexity index is 1170. The fourth-order valence-corrected chi connectivity index (χ4v) is 5.14. The summed E-state index contributed by atoms with van der Waals surface area (Å²) in [5.41, 5.74) is 7.19. The van der Waals surface area contributed by atoms with Gasteiger partial charge < -0.3 is 10.1 Å². The second kappa shape index (κ2) is 8.35. The first-order valence-electron chi connectivity index (χ1n) is 10.6. The molecule has 0 fully saturated rings. The van der Waals surface area contributed by atoms with Crippen molar-refractivity contribution in [1.29, 1.82) is 0 Å². The number of aryl methyl sites for hydroxylation is 1. The van der Waals surface area contributed by atoms with Crippen LogP contribution in [0.2, 0.25) is 0 Å². The van der Waals surface area contributed by atoms with E-state index in [2.05, 4.69) is 87.8 Å². The molecule has 0 amide bonds. The van der Waals surface area contributed by atoms with Crippen molar-refractivity contribution in [2.45, 2.75) is 25.3 Å². The van der Waals surface area contributed by atoms with Gasteiger partial charge in [0.2, 0.25) is 0 Å². The number of nitrogens with one attached hydrogen (secondary N) is 1. The molecule has 5 rings (SSSR count). The lowest BCUT2D eigenvalue weighted by Gasteiger charge is -2.37. The highest BCUT2D eigenvalue weighted by Gasteiger charge is 2.37. The van der Waals surface area contributed by atoms with Crippen LogP contribution in [0.5, 0.6) is 5.75 Å². The summed E-state index contributed by atoms with van der Waals surface area (Å²) in [6.07, 6.45) is 7.69. The Morgan fingerprint density at radius 1 is 1.06 bits per heavy atom. The highest BCUT2D eigenvalue weighted by molar-refractivity contribution is 9.10. The maximum Gasteiger partial charge on any atom is 0.127 e. The van der Waals surface area contributed by atoms with Gasteiger partial charge in [-0.05, 0) is 66.8 Å². The van der Waals surface area contributed by atoms with E-state index in [-0.39, 0.29) is 0 Å². The number of aliphatic imine (C=N–C) groups is 1. The van der Waals surface area contributed by atoms with Crippen LogP contribution in [0.3, 0.4) is 0 Å². The van der Waals surface area contributed by atoms with Gasteiger partial charge in [-0.2, -0.15) is 0 Å². The molecule has 3 aromatic rings.